The van der Waals surface area contributed by atoms with Gasteiger partial charge in [0.25, 0.3) is 0 Å². The molecule has 1 heterocycles. The number of hydrogen-bond donors (Lipinski definition) is 1. The molecule has 1 N–H and O–H groups in total. The number of carbonyl (C=O) groups is 2. The molecule has 1 unspecified atom stereocenters. The molecule has 1 amide bonds. The Morgan fingerprint density at radius 3 is 2.89 bits per heavy atom. The Balaban J connectivity index is 1.93. The lowest BCUT2D eigenvalue weighted by molar-refractivity contribution is -0.137. The Morgan fingerprint density at radius 2 is 2.21 bits per heavy atom. The largest absolute Gasteiger partial charge is 0.481 e. The molecule has 0 aliphatic carbocycles. The summed E-state index contributed by atoms with van der Waals surface area (Å²) >= 11 is 6.03. The molecule has 1 aliphatic rings. The van der Waals surface area contributed by atoms with Crippen LogP contribution in [0.3, 0.4) is 0 Å². The first-order valence-corrected chi connectivity index (χ1v) is 6.35. The average molecular weight is 284 g/mol. The van der Waals surface area contributed by atoms with Crippen molar-refractivity contribution in [3.8, 4) is 0 Å². The molecular weight excluding hydrogens is 270 g/mol. The van der Waals surface area contributed by atoms with Gasteiger partial charge in [0.2, 0.25) is 0 Å². The van der Waals surface area contributed by atoms with Crippen molar-refractivity contribution in [1.82, 2.24) is 4.90 Å². The van der Waals surface area contributed by atoms with E-state index in [2.05, 4.69) is 0 Å². The third-order valence-corrected chi connectivity index (χ3v) is 3.32. The monoisotopic (exact) mass is 283 g/mol. The standard InChI is InChI=1S/C13H14ClNO4/c14-11-4-2-1-3-9(11)7-15-8-10(19-13(15)18)5-6-12(16)17/h1-4,10H,5-8H2,(H,16,17). The summed E-state index contributed by atoms with van der Waals surface area (Å²) in [6.07, 6.45) is -0.445. The molecule has 0 bridgehead atoms. The Morgan fingerprint density at radius 1 is 1.47 bits per heavy atom. The van der Waals surface area contributed by atoms with Crippen molar-refractivity contribution < 1.29 is 19.4 Å². The van der Waals surface area contributed by atoms with Crippen LogP contribution < -0.4 is 0 Å². The Labute approximate surface area is 115 Å². The molecule has 1 fully saturated rings. The lowest BCUT2D eigenvalue weighted by Gasteiger charge is -2.13. The summed E-state index contributed by atoms with van der Waals surface area (Å²) in [6.45, 7) is 0.777. The average Bonchev–Trinajstić information content (AvgIpc) is 2.71. The Bertz CT molecular complexity index is 491. The van der Waals surface area contributed by atoms with Gasteiger partial charge in [-0.1, -0.05) is 29.8 Å². The molecule has 5 nitrogen and oxygen atoms in total. The van der Waals surface area contributed by atoms with Crippen molar-refractivity contribution in [3.63, 3.8) is 0 Å². The van der Waals surface area contributed by atoms with Crippen LogP contribution in [0.1, 0.15) is 18.4 Å². The van der Waals surface area contributed by atoms with Crippen LogP contribution in [-0.4, -0.2) is 34.7 Å². The van der Waals surface area contributed by atoms with E-state index in [9.17, 15) is 9.59 Å². The lowest BCUT2D eigenvalue weighted by Crippen LogP contribution is -2.24. The van der Waals surface area contributed by atoms with Crippen LogP contribution in [0.5, 0.6) is 0 Å². The zero-order valence-electron chi connectivity index (χ0n) is 10.2. The number of carboxylic acids is 1. The minimum atomic E-state index is -0.888. The van der Waals surface area contributed by atoms with Gasteiger partial charge in [-0.25, -0.2) is 4.79 Å². The fourth-order valence-electron chi connectivity index (χ4n) is 1.97. The Kier molecular flexibility index (Phi) is 4.27. The van der Waals surface area contributed by atoms with Crippen molar-refractivity contribution in [2.45, 2.75) is 25.5 Å². The number of aliphatic carboxylic acids is 1. The molecule has 1 aromatic rings. The Hall–Kier alpha value is -1.75. The first-order chi connectivity index (χ1) is 9.06. The van der Waals surface area contributed by atoms with E-state index in [-0.39, 0.29) is 12.5 Å². The van der Waals surface area contributed by atoms with Crippen LogP contribution in [0, 0.1) is 0 Å². The number of carboxylic acid groups (broad SMARTS) is 1. The second-order valence-electron chi connectivity index (χ2n) is 4.41. The summed E-state index contributed by atoms with van der Waals surface area (Å²) in [5.74, 6) is -0.888. The van der Waals surface area contributed by atoms with E-state index in [4.69, 9.17) is 21.4 Å². The van der Waals surface area contributed by atoms with Crippen LogP contribution in [0.25, 0.3) is 0 Å². The second-order valence-corrected chi connectivity index (χ2v) is 4.82. The van der Waals surface area contributed by atoms with Crippen LogP contribution in [-0.2, 0) is 16.1 Å². The maximum absolute atomic E-state index is 11.7. The van der Waals surface area contributed by atoms with E-state index in [0.717, 1.165) is 5.56 Å². The molecule has 0 saturated carbocycles. The van der Waals surface area contributed by atoms with Gasteiger partial charge in [0, 0.05) is 11.4 Å². The third kappa shape index (κ3) is 3.61. The molecule has 0 aromatic heterocycles. The summed E-state index contributed by atoms with van der Waals surface area (Å²) in [7, 11) is 0. The number of carbonyl (C=O) groups excluding carboxylic acids is 1. The summed E-state index contributed by atoms with van der Waals surface area (Å²) < 4.78 is 5.12. The van der Waals surface area contributed by atoms with Crippen LogP contribution in [0.15, 0.2) is 24.3 Å². The van der Waals surface area contributed by atoms with E-state index in [0.29, 0.717) is 24.5 Å². The number of ether oxygens (including phenoxy) is 1. The van der Waals surface area contributed by atoms with Crippen molar-refractivity contribution in [3.05, 3.63) is 34.9 Å². The predicted molar refractivity (Wildman–Crippen MR) is 69.0 cm³/mol. The lowest BCUT2D eigenvalue weighted by atomic mass is 10.2. The molecular formula is C13H14ClNO4. The SMILES string of the molecule is O=C(O)CCC1CN(Cc2ccccc2Cl)C(=O)O1. The molecule has 102 valence electrons. The highest BCUT2D eigenvalue weighted by Gasteiger charge is 2.31. The van der Waals surface area contributed by atoms with E-state index in [1.807, 2.05) is 18.2 Å². The topological polar surface area (TPSA) is 66.8 Å². The predicted octanol–water partition coefficient (Wildman–Crippen LogP) is 2.53. The fraction of sp³-hybridized carbons (Fsp3) is 0.385. The zero-order chi connectivity index (χ0) is 13.8. The summed E-state index contributed by atoms with van der Waals surface area (Å²) in [5, 5.41) is 9.21. The normalized spacial score (nSPS) is 18.5. The van der Waals surface area contributed by atoms with E-state index in [1.54, 1.807) is 6.07 Å². The van der Waals surface area contributed by atoms with Gasteiger partial charge in [-0.15, -0.1) is 0 Å². The maximum Gasteiger partial charge on any atom is 0.410 e. The number of rotatable bonds is 5. The van der Waals surface area contributed by atoms with E-state index < -0.39 is 12.1 Å². The number of benzene rings is 1. The van der Waals surface area contributed by atoms with Gasteiger partial charge in [0.1, 0.15) is 6.10 Å². The number of nitrogens with zero attached hydrogens (tertiary/aromatic N) is 1. The minimum Gasteiger partial charge on any atom is -0.481 e. The molecule has 6 heteroatoms. The second kappa shape index (κ2) is 5.93. The molecule has 2 rings (SSSR count). The van der Waals surface area contributed by atoms with Gasteiger partial charge in [-0.3, -0.25) is 4.79 Å². The van der Waals surface area contributed by atoms with Crippen LogP contribution in [0.4, 0.5) is 4.79 Å². The van der Waals surface area contributed by atoms with Gasteiger partial charge in [0.05, 0.1) is 13.1 Å². The highest BCUT2D eigenvalue weighted by atomic mass is 35.5. The maximum atomic E-state index is 11.7. The summed E-state index contributed by atoms with van der Waals surface area (Å²) in [5.41, 5.74) is 0.847. The van der Waals surface area contributed by atoms with Gasteiger partial charge in [0.15, 0.2) is 0 Å². The molecule has 0 radical (unpaired) electrons. The molecule has 1 aromatic carbocycles. The van der Waals surface area contributed by atoms with Crippen molar-refractivity contribution in [2.24, 2.45) is 0 Å². The summed E-state index contributed by atoms with van der Waals surface area (Å²) in [4.78, 5) is 23.7. The number of halogens is 1. The highest BCUT2D eigenvalue weighted by Crippen LogP contribution is 2.22. The molecule has 0 spiro atoms. The molecule has 19 heavy (non-hydrogen) atoms. The van der Waals surface area contributed by atoms with Gasteiger partial charge < -0.3 is 14.7 Å². The van der Waals surface area contributed by atoms with Crippen LogP contribution in [0.2, 0.25) is 5.02 Å². The molecule has 1 saturated heterocycles. The van der Waals surface area contributed by atoms with Crippen molar-refractivity contribution in [2.75, 3.05) is 6.54 Å². The van der Waals surface area contributed by atoms with Gasteiger partial charge in [-0.05, 0) is 18.1 Å². The first-order valence-electron chi connectivity index (χ1n) is 5.97. The summed E-state index contributed by atoms with van der Waals surface area (Å²) in [6, 6.07) is 7.29. The van der Waals surface area contributed by atoms with E-state index >= 15 is 0 Å². The smallest absolute Gasteiger partial charge is 0.410 e. The van der Waals surface area contributed by atoms with Gasteiger partial charge in [-0.2, -0.15) is 0 Å². The quantitative estimate of drug-likeness (QED) is 0.902. The first kappa shape index (κ1) is 13.7. The van der Waals surface area contributed by atoms with Crippen molar-refractivity contribution in [1.29, 1.82) is 0 Å². The van der Waals surface area contributed by atoms with Crippen LogP contribution >= 0.6 is 11.6 Å². The fourth-order valence-corrected chi connectivity index (χ4v) is 2.17. The number of hydrogen-bond acceptors (Lipinski definition) is 3. The zero-order valence-corrected chi connectivity index (χ0v) is 11.0. The minimum absolute atomic E-state index is 0.00210. The molecule has 1 aliphatic heterocycles. The highest BCUT2D eigenvalue weighted by molar-refractivity contribution is 6.31. The van der Waals surface area contributed by atoms with Gasteiger partial charge >= 0.3 is 12.1 Å². The number of cyclic esters (lactones) is 1. The molecule has 1 atom stereocenters. The number of amides is 1. The third-order valence-electron chi connectivity index (χ3n) is 2.95. The van der Waals surface area contributed by atoms with Crippen molar-refractivity contribution >= 4 is 23.7 Å². The van der Waals surface area contributed by atoms with E-state index in [1.165, 1.54) is 4.90 Å².